The normalized spacial score (nSPS) is 18.8. The van der Waals surface area contributed by atoms with Crippen LogP contribution in [0, 0.1) is 5.82 Å². The highest BCUT2D eigenvalue weighted by molar-refractivity contribution is 5.93. The molecule has 0 radical (unpaired) electrons. The average Bonchev–Trinajstić information content (AvgIpc) is 3.35. The Morgan fingerprint density at radius 2 is 2.07 bits per heavy atom. The van der Waals surface area contributed by atoms with E-state index in [4.69, 9.17) is 4.42 Å². The molecule has 0 spiro atoms. The fourth-order valence-electron chi connectivity index (χ4n) is 3.27. The lowest BCUT2D eigenvalue weighted by Crippen LogP contribution is -2.35. The predicted octanol–water partition coefficient (Wildman–Crippen LogP) is 4.21. The van der Waals surface area contributed by atoms with Crippen molar-refractivity contribution in [3.8, 4) is 0 Å². The van der Waals surface area contributed by atoms with E-state index in [9.17, 15) is 22.4 Å². The van der Waals surface area contributed by atoms with Gasteiger partial charge in [-0.3, -0.25) is 4.79 Å². The van der Waals surface area contributed by atoms with Gasteiger partial charge in [-0.1, -0.05) is 18.2 Å². The molecule has 3 aromatic rings. The van der Waals surface area contributed by atoms with Gasteiger partial charge in [0.1, 0.15) is 17.4 Å². The molecule has 0 bridgehead atoms. The molecule has 0 saturated carbocycles. The SMILES string of the molecule is O=C(NCc1ccccc1F)c1cc2n(n1)[C@H](C(F)(F)F)C[C@H](c1ccco1)N2. The first-order valence-corrected chi connectivity index (χ1v) is 8.80. The van der Waals surface area contributed by atoms with E-state index in [-0.39, 0.29) is 30.0 Å². The number of aromatic nitrogens is 2. The molecule has 3 heterocycles. The Hall–Kier alpha value is -3.30. The number of carbonyl (C=O) groups excluding carboxylic acids is 1. The number of hydrogen-bond donors (Lipinski definition) is 2. The number of furan rings is 1. The Kier molecular flexibility index (Phi) is 4.77. The first-order valence-electron chi connectivity index (χ1n) is 8.80. The third-order valence-corrected chi connectivity index (χ3v) is 4.71. The van der Waals surface area contributed by atoms with Crippen molar-refractivity contribution in [2.45, 2.75) is 31.2 Å². The number of anilines is 1. The molecule has 0 unspecified atom stereocenters. The van der Waals surface area contributed by atoms with Crippen molar-refractivity contribution in [1.29, 1.82) is 0 Å². The molecule has 2 N–H and O–H groups in total. The molecule has 2 aromatic heterocycles. The van der Waals surface area contributed by atoms with E-state index < -0.39 is 30.0 Å². The van der Waals surface area contributed by atoms with Crippen molar-refractivity contribution < 1.29 is 26.8 Å². The smallest absolute Gasteiger partial charge is 0.410 e. The first kappa shape index (κ1) is 19.0. The van der Waals surface area contributed by atoms with E-state index in [0.717, 1.165) is 4.68 Å². The molecule has 1 aliphatic heterocycles. The lowest BCUT2D eigenvalue weighted by atomic mass is 10.0. The molecule has 29 heavy (non-hydrogen) atoms. The highest BCUT2D eigenvalue weighted by Gasteiger charge is 2.47. The van der Waals surface area contributed by atoms with Crippen LogP contribution >= 0.6 is 0 Å². The van der Waals surface area contributed by atoms with E-state index in [1.165, 1.54) is 30.5 Å². The number of benzene rings is 1. The quantitative estimate of drug-likeness (QED) is 0.635. The fraction of sp³-hybridized carbons (Fsp3) is 0.263. The summed E-state index contributed by atoms with van der Waals surface area (Å²) in [5, 5.41) is 9.25. The second-order valence-electron chi connectivity index (χ2n) is 6.64. The van der Waals surface area contributed by atoms with Crippen LogP contribution in [0.4, 0.5) is 23.4 Å². The number of nitrogens with one attached hydrogen (secondary N) is 2. The average molecular weight is 408 g/mol. The number of rotatable bonds is 4. The van der Waals surface area contributed by atoms with Gasteiger partial charge in [-0.05, 0) is 18.2 Å². The Balaban J connectivity index is 1.57. The van der Waals surface area contributed by atoms with E-state index in [0.29, 0.717) is 5.76 Å². The van der Waals surface area contributed by atoms with Gasteiger partial charge in [0.2, 0.25) is 0 Å². The molecule has 6 nitrogen and oxygen atoms in total. The lowest BCUT2D eigenvalue weighted by molar-refractivity contribution is -0.174. The van der Waals surface area contributed by atoms with Gasteiger partial charge in [0.05, 0.1) is 12.3 Å². The van der Waals surface area contributed by atoms with Gasteiger partial charge in [-0.25, -0.2) is 9.07 Å². The molecule has 0 fully saturated rings. The second-order valence-corrected chi connectivity index (χ2v) is 6.64. The number of halogens is 4. The zero-order valence-electron chi connectivity index (χ0n) is 14.9. The Morgan fingerprint density at radius 3 is 2.76 bits per heavy atom. The standard InChI is InChI=1S/C19H16F4N4O2/c20-12-5-2-1-4-11(12)10-24-18(28)14-9-17-25-13(15-6-3-7-29-15)8-16(19(21,22)23)27(17)26-14/h1-7,9,13,16,25H,8,10H2,(H,24,28)/t13-,16+/m1/s1. The minimum atomic E-state index is -4.56. The van der Waals surface area contributed by atoms with Gasteiger partial charge in [-0.2, -0.15) is 18.3 Å². The molecular formula is C19H16F4N4O2. The topological polar surface area (TPSA) is 72.1 Å². The minimum Gasteiger partial charge on any atom is -0.467 e. The summed E-state index contributed by atoms with van der Waals surface area (Å²) < 4.78 is 60.5. The van der Waals surface area contributed by atoms with Gasteiger partial charge < -0.3 is 15.1 Å². The van der Waals surface area contributed by atoms with E-state index in [1.807, 2.05) is 0 Å². The molecule has 1 aliphatic rings. The third kappa shape index (κ3) is 3.82. The van der Waals surface area contributed by atoms with Gasteiger partial charge in [-0.15, -0.1) is 0 Å². The number of hydrogen-bond acceptors (Lipinski definition) is 4. The van der Waals surface area contributed by atoms with Crippen LogP contribution in [-0.4, -0.2) is 21.9 Å². The molecule has 0 saturated heterocycles. The third-order valence-electron chi connectivity index (χ3n) is 4.71. The summed E-state index contributed by atoms with van der Waals surface area (Å²) in [6.45, 7) is -0.112. The van der Waals surface area contributed by atoms with Crippen molar-refractivity contribution in [3.63, 3.8) is 0 Å². The summed E-state index contributed by atoms with van der Waals surface area (Å²) in [6, 6.07) is 7.68. The van der Waals surface area contributed by atoms with Gasteiger partial charge >= 0.3 is 6.18 Å². The van der Waals surface area contributed by atoms with Gasteiger partial charge in [0.15, 0.2) is 11.7 Å². The summed E-state index contributed by atoms with van der Waals surface area (Å²) in [5.74, 6) is -0.780. The number of alkyl halides is 3. The van der Waals surface area contributed by atoms with E-state index >= 15 is 0 Å². The molecule has 152 valence electrons. The second kappa shape index (κ2) is 7.26. The van der Waals surface area contributed by atoms with Crippen molar-refractivity contribution in [2.24, 2.45) is 0 Å². The number of carbonyl (C=O) groups is 1. The Morgan fingerprint density at radius 1 is 1.28 bits per heavy atom. The van der Waals surface area contributed by atoms with Crippen LogP contribution in [0.3, 0.4) is 0 Å². The zero-order valence-corrected chi connectivity index (χ0v) is 14.9. The van der Waals surface area contributed by atoms with Crippen LogP contribution in [0.5, 0.6) is 0 Å². The molecule has 0 aliphatic carbocycles. The molecule has 1 aromatic carbocycles. The Bertz CT molecular complexity index is 1010. The maximum atomic E-state index is 13.7. The molecule has 10 heteroatoms. The highest BCUT2D eigenvalue weighted by Crippen LogP contribution is 2.43. The number of fused-ring (bicyclic) bond motifs is 1. The van der Waals surface area contributed by atoms with Crippen LogP contribution in [0.25, 0.3) is 0 Å². The molecular weight excluding hydrogens is 392 g/mol. The number of nitrogens with zero attached hydrogens (tertiary/aromatic N) is 2. The maximum absolute atomic E-state index is 13.7. The molecule has 2 atom stereocenters. The maximum Gasteiger partial charge on any atom is 0.410 e. The van der Waals surface area contributed by atoms with E-state index in [2.05, 4.69) is 15.7 Å². The summed E-state index contributed by atoms with van der Waals surface area (Å²) in [6.07, 6.45) is -3.51. The first-order chi connectivity index (χ1) is 13.8. The van der Waals surface area contributed by atoms with Crippen LogP contribution in [0.1, 0.15) is 40.3 Å². The minimum absolute atomic E-state index is 0.0519. The summed E-state index contributed by atoms with van der Waals surface area (Å²) in [7, 11) is 0. The Labute approximate surface area is 162 Å². The van der Waals surface area contributed by atoms with E-state index in [1.54, 1.807) is 18.2 Å². The monoisotopic (exact) mass is 408 g/mol. The predicted molar refractivity (Wildman–Crippen MR) is 94.6 cm³/mol. The summed E-state index contributed by atoms with van der Waals surface area (Å²) in [5.41, 5.74) is 0.0622. The van der Waals surface area contributed by atoms with Crippen LogP contribution in [0.15, 0.2) is 53.1 Å². The summed E-state index contributed by atoms with van der Waals surface area (Å²) in [4.78, 5) is 12.4. The van der Waals surface area contributed by atoms with Crippen molar-refractivity contribution in [2.75, 3.05) is 5.32 Å². The zero-order chi connectivity index (χ0) is 20.6. The van der Waals surface area contributed by atoms with Crippen LogP contribution < -0.4 is 10.6 Å². The van der Waals surface area contributed by atoms with Gasteiger partial charge in [0, 0.05) is 24.6 Å². The van der Waals surface area contributed by atoms with Crippen molar-refractivity contribution >= 4 is 11.7 Å². The largest absolute Gasteiger partial charge is 0.467 e. The van der Waals surface area contributed by atoms with Crippen molar-refractivity contribution in [3.05, 3.63) is 71.6 Å². The van der Waals surface area contributed by atoms with Crippen molar-refractivity contribution in [1.82, 2.24) is 15.1 Å². The highest BCUT2D eigenvalue weighted by atomic mass is 19.4. The van der Waals surface area contributed by atoms with Crippen LogP contribution in [0.2, 0.25) is 0 Å². The number of amides is 1. The molecule has 1 amide bonds. The molecule has 4 rings (SSSR count). The van der Waals surface area contributed by atoms with Gasteiger partial charge in [0.25, 0.3) is 5.91 Å². The van der Waals surface area contributed by atoms with Crippen LogP contribution in [-0.2, 0) is 6.54 Å². The fourth-order valence-corrected chi connectivity index (χ4v) is 3.27. The summed E-state index contributed by atoms with van der Waals surface area (Å²) >= 11 is 0. The lowest BCUT2D eigenvalue weighted by Gasteiger charge is -2.32.